The largest absolute Gasteiger partial charge is 0.367 e. The zero-order valence-corrected chi connectivity index (χ0v) is 6.30. The van der Waals surface area contributed by atoms with E-state index >= 15 is 0 Å². The molecule has 0 spiro atoms. The van der Waals surface area contributed by atoms with Crippen LogP contribution in [0.25, 0.3) is 0 Å². The predicted molar refractivity (Wildman–Crippen MR) is 42.5 cm³/mol. The second-order valence-corrected chi connectivity index (χ2v) is 2.51. The number of hydrogen-bond donors (Lipinski definition) is 3. The van der Waals surface area contributed by atoms with Gasteiger partial charge in [-0.3, -0.25) is 5.10 Å². The molecule has 0 aliphatic rings. The average molecular weight is 157 g/mol. The van der Waals surface area contributed by atoms with Crippen molar-refractivity contribution in [2.45, 2.75) is 11.7 Å². The highest BCUT2D eigenvalue weighted by atomic mass is 32.1. The van der Waals surface area contributed by atoms with E-state index < -0.39 is 0 Å². The Labute approximate surface area is 64.6 Å². The SMILES string of the molecule is [CH2]CC(S)c1nc(N)n[nH]1. The van der Waals surface area contributed by atoms with Crippen LogP contribution in [0.1, 0.15) is 17.5 Å². The van der Waals surface area contributed by atoms with Crippen molar-refractivity contribution < 1.29 is 0 Å². The fraction of sp³-hybridized carbons (Fsp3) is 0.400. The first-order valence-electron chi connectivity index (χ1n) is 2.89. The van der Waals surface area contributed by atoms with Gasteiger partial charge in [0.1, 0.15) is 5.82 Å². The number of nitrogens with one attached hydrogen (secondary N) is 1. The summed E-state index contributed by atoms with van der Waals surface area (Å²) in [5.74, 6) is 0.929. The fourth-order valence-corrected chi connectivity index (χ4v) is 0.689. The standard InChI is InChI=1S/C5H9N4S/c1-2-3(10)4-7-5(6)9-8-4/h3,10H,1-2H2,(H3,6,7,8,9). The van der Waals surface area contributed by atoms with E-state index in [1.165, 1.54) is 0 Å². The van der Waals surface area contributed by atoms with Crippen LogP contribution < -0.4 is 5.73 Å². The van der Waals surface area contributed by atoms with Gasteiger partial charge in [-0.25, -0.2) is 0 Å². The molecule has 55 valence electrons. The van der Waals surface area contributed by atoms with Crippen molar-refractivity contribution in [2.75, 3.05) is 5.73 Å². The number of nitrogen functional groups attached to an aromatic ring is 1. The van der Waals surface area contributed by atoms with Crippen LogP contribution in [0.2, 0.25) is 0 Å². The number of H-pyrrole nitrogens is 1. The lowest BCUT2D eigenvalue weighted by atomic mass is 10.3. The second-order valence-electron chi connectivity index (χ2n) is 1.88. The van der Waals surface area contributed by atoms with E-state index in [-0.39, 0.29) is 11.2 Å². The molecule has 0 saturated carbocycles. The fourth-order valence-electron chi connectivity index (χ4n) is 0.574. The molecule has 1 radical (unpaired) electrons. The smallest absolute Gasteiger partial charge is 0.239 e. The first kappa shape index (κ1) is 7.40. The molecule has 0 saturated heterocycles. The van der Waals surface area contributed by atoms with Gasteiger partial charge in [-0.05, 0) is 6.42 Å². The molecule has 1 rings (SSSR count). The van der Waals surface area contributed by atoms with Gasteiger partial charge in [-0.15, -0.1) is 5.10 Å². The van der Waals surface area contributed by atoms with Crippen molar-refractivity contribution in [1.82, 2.24) is 15.2 Å². The molecular formula is C5H9N4S. The Morgan fingerprint density at radius 3 is 2.90 bits per heavy atom. The normalized spacial score (nSPS) is 13.4. The molecule has 5 heteroatoms. The minimum Gasteiger partial charge on any atom is -0.367 e. The summed E-state index contributed by atoms with van der Waals surface area (Å²) in [5.41, 5.74) is 5.26. The zero-order valence-electron chi connectivity index (χ0n) is 5.41. The first-order chi connectivity index (χ1) is 4.74. The number of hydrogen-bond acceptors (Lipinski definition) is 4. The van der Waals surface area contributed by atoms with Crippen molar-refractivity contribution >= 4 is 18.6 Å². The van der Waals surface area contributed by atoms with E-state index in [1.54, 1.807) is 0 Å². The van der Waals surface area contributed by atoms with Crippen LogP contribution >= 0.6 is 12.6 Å². The number of rotatable bonds is 2. The Bertz CT molecular complexity index is 209. The number of thiol groups is 1. The maximum Gasteiger partial charge on any atom is 0.239 e. The van der Waals surface area contributed by atoms with E-state index in [0.29, 0.717) is 12.2 Å². The van der Waals surface area contributed by atoms with Crippen molar-refractivity contribution in [2.24, 2.45) is 0 Å². The van der Waals surface area contributed by atoms with Gasteiger partial charge in [0, 0.05) is 0 Å². The molecular weight excluding hydrogens is 148 g/mol. The highest BCUT2D eigenvalue weighted by molar-refractivity contribution is 7.80. The van der Waals surface area contributed by atoms with E-state index in [2.05, 4.69) is 34.7 Å². The number of nitrogens with two attached hydrogens (primary N) is 1. The van der Waals surface area contributed by atoms with Crippen molar-refractivity contribution in [3.8, 4) is 0 Å². The first-order valence-corrected chi connectivity index (χ1v) is 3.40. The quantitative estimate of drug-likeness (QED) is 0.550. The van der Waals surface area contributed by atoms with Gasteiger partial charge in [-0.1, -0.05) is 6.92 Å². The zero-order chi connectivity index (χ0) is 7.56. The second kappa shape index (κ2) is 2.92. The summed E-state index contributed by atoms with van der Waals surface area (Å²) in [6.07, 6.45) is 0.664. The summed E-state index contributed by atoms with van der Waals surface area (Å²) >= 11 is 4.18. The lowest BCUT2D eigenvalue weighted by Gasteiger charge is -1.99. The maximum atomic E-state index is 5.26. The summed E-state index contributed by atoms with van der Waals surface area (Å²) in [4.78, 5) is 3.88. The molecule has 0 amide bonds. The van der Waals surface area contributed by atoms with Crippen LogP contribution in [0.3, 0.4) is 0 Å². The van der Waals surface area contributed by atoms with E-state index in [1.807, 2.05) is 0 Å². The number of aromatic amines is 1. The minimum atomic E-state index is 0.00444. The van der Waals surface area contributed by atoms with Gasteiger partial charge in [0.15, 0.2) is 0 Å². The summed E-state index contributed by atoms with van der Waals surface area (Å²) in [6, 6.07) is 0. The van der Waals surface area contributed by atoms with Gasteiger partial charge in [-0.2, -0.15) is 17.6 Å². The summed E-state index contributed by atoms with van der Waals surface area (Å²) in [7, 11) is 0. The Kier molecular flexibility index (Phi) is 2.16. The molecule has 1 aromatic heterocycles. The van der Waals surface area contributed by atoms with E-state index in [0.717, 1.165) is 0 Å². The van der Waals surface area contributed by atoms with Crippen LogP contribution in [0.4, 0.5) is 5.95 Å². The average Bonchev–Trinajstić information content (AvgIpc) is 2.34. The van der Waals surface area contributed by atoms with E-state index in [9.17, 15) is 0 Å². The van der Waals surface area contributed by atoms with E-state index in [4.69, 9.17) is 5.73 Å². The molecule has 0 aliphatic carbocycles. The molecule has 0 fully saturated rings. The predicted octanol–water partition coefficient (Wildman–Crippen LogP) is 0.582. The molecule has 10 heavy (non-hydrogen) atoms. The van der Waals surface area contributed by atoms with Crippen molar-refractivity contribution in [3.05, 3.63) is 12.7 Å². The maximum absolute atomic E-state index is 5.26. The molecule has 0 aromatic carbocycles. The highest BCUT2D eigenvalue weighted by Gasteiger charge is 2.07. The van der Waals surface area contributed by atoms with Gasteiger partial charge in [0.25, 0.3) is 0 Å². The Morgan fingerprint density at radius 2 is 2.50 bits per heavy atom. The molecule has 1 heterocycles. The molecule has 3 N–H and O–H groups in total. The third kappa shape index (κ3) is 1.41. The number of nitrogens with zero attached hydrogens (tertiary/aromatic N) is 2. The summed E-state index contributed by atoms with van der Waals surface area (Å²) in [6.45, 7) is 3.67. The molecule has 1 atom stereocenters. The topological polar surface area (TPSA) is 67.6 Å². The Morgan fingerprint density at radius 1 is 1.80 bits per heavy atom. The lowest BCUT2D eigenvalue weighted by molar-refractivity contribution is 0.868. The molecule has 0 aliphatic heterocycles. The Balaban J connectivity index is 2.74. The Hall–Kier alpha value is -0.710. The lowest BCUT2D eigenvalue weighted by Crippen LogP contribution is -1.91. The van der Waals surface area contributed by atoms with Crippen LogP contribution in [0.15, 0.2) is 0 Å². The van der Waals surface area contributed by atoms with Crippen LogP contribution in [0.5, 0.6) is 0 Å². The molecule has 4 nitrogen and oxygen atoms in total. The van der Waals surface area contributed by atoms with Crippen molar-refractivity contribution in [3.63, 3.8) is 0 Å². The molecule has 0 bridgehead atoms. The summed E-state index contributed by atoms with van der Waals surface area (Å²) in [5, 5.41) is 6.31. The summed E-state index contributed by atoms with van der Waals surface area (Å²) < 4.78 is 0. The third-order valence-electron chi connectivity index (χ3n) is 1.11. The van der Waals surface area contributed by atoms with Crippen LogP contribution in [-0.4, -0.2) is 15.2 Å². The van der Waals surface area contributed by atoms with Gasteiger partial charge in [0.2, 0.25) is 5.95 Å². The number of anilines is 1. The van der Waals surface area contributed by atoms with Gasteiger partial charge < -0.3 is 5.73 Å². The van der Waals surface area contributed by atoms with Gasteiger partial charge in [0.05, 0.1) is 5.25 Å². The molecule has 1 aromatic rings. The van der Waals surface area contributed by atoms with Crippen LogP contribution in [-0.2, 0) is 0 Å². The third-order valence-corrected chi connectivity index (χ3v) is 1.61. The molecule has 1 unspecified atom stereocenters. The minimum absolute atomic E-state index is 0.00444. The monoisotopic (exact) mass is 157 g/mol. The highest BCUT2D eigenvalue weighted by Crippen LogP contribution is 2.18. The van der Waals surface area contributed by atoms with Gasteiger partial charge >= 0.3 is 0 Å². The van der Waals surface area contributed by atoms with Crippen molar-refractivity contribution in [1.29, 1.82) is 0 Å². The number of aromatic nitrogens is 3. The van der Waals surface area contributed by atoms with Crippen LogP contribution in [0, 0.1) is 6.92 Å².